The van der Waals surface area contributed by atoms with Crippen LogP contribution in [-0.4, -0.2) is 47.1 Å². The second kappa shape index (κ2) is 7.30. The van der Waals surface area contributed by atoms with Crippen LogP contribution in [0.3, 0.4) is 0 Å². The zero-order valence-corrected chi connectivity index (χ0v) is 14.9. The maximum Gasteiger partial charge on any atom is 0.424 e. The Kier molecular flexibility index (Phi) is 5.70. The van der Waals surface area contributed by atoms with Crippen molar-refractivity contribution >= 4 is 11.8 Å². The first-order valence-electron chi connectivity index (χ1n) is 8.39. The van der Waals surface area contributed by atoms with E-state index in [0.29, 0.717) is 0 Å². The number of halogens is 3. The van der Waals surface area contributed by atoms with Crippen molar-refractivity contribution in [1.29, 1.82) is 0 Å². The van der Waals surface area contributed by atoms with E-state index in [-0.39, 0.29) is 30.7 Å². The number of furan rings is 1. The van der Waals surface area contributed by atoms with E-state index in [0.717, 1.165) is 6.07 Å². The third-order valence-corrected chi connectivity index (χ3v) is 4.56. The summed E-state index contributed by atoms with van der Waals surface area (Å²) in [5.74, 6) is -1.63. The number of amides is 2. The lowest BCUT2D eigenvalue weighted by Gasteiger charge is -2.28. The van der Waals surface area contributed by atoms with Gasteiger partial charge in [0.25, 0.3) is 0 Å². The molecule has 0 bridgehead atoms. The van der Waals surface area contributed by atoms with Gasteiger partial charge in [0.2, 0.25) is 17.4 Å². The Hall–Kier alpha value is -2.03. The fourth-order valence-corrected chi connectivity index (χ4v) is 2.98. The number of alkyl halides is 3. The Bertz CT molecular complexity index is 671. The van der Waals surface area contributed by atoms with Gasteiger partial charge in [0.05, 0.1) is 5.92 Å². The predicted octanol–water partition coefficient (Wildman–Crippen LogP) is 2.10. The molecule has 1 aliphatic rings. The second-order valence-corrected chi connectivity index (χ2v) is 6.85. The minimum atomic E-state index is -4.96. The van der Waals surface area contributed by atoms with Gasteiger partial charge < -0.3 is 19.7 Å². The normalized spacial score (nSPS) is 20.5. The van der Waals surface area contributed by atoms with E-state index >= 15 is 0 Å². The lowest BCUT2D eigenvalue weighted by molar-refractivity contribution is -0.274. The van der Waals surface area contributed by atoms with Gasteiger partial charge in [0.15, 0.2) is 0 Å². The van der Waals surface area contributed by atoms with Crippen LogP contribution in [0.2, 0.25) is 0 Å². The maximum atomic E-state index is 13.3. The zero-order valence-electron chi connectivity index (χ0n) is 14.9. The van der Waals surface area contributed by atoms with Crippen molar-refractivity contribution < 1.29 is 32.3 Å². The van der Waals surface area contributed by atoms with Crippen LogP contribution in [0, 0.1) is 12.8 Å². The molecular weight excluding hydrogens is 353 g/mol. The molecule has 6 nitrogen and oxygen atoms in total. The van der Waals surface area contributed by atoms with Crippen LogP contribution < -0.4 is 5.32 Å². The molecule has 0 unspecified atom stereocenters. The molecule has 0 saturated carbocycles. The number of likely N-dealkylation sites (tertiary alicyclic amines) is 1. The van der Waals surface area contributed by atoms with Gasteiger partial charge in [-0.25, -0.2) is 0 Å². The lowest BCUT2D eigenvalue weighted by atomic mass is 9.95. The molecule has 0 radical (unpaired) electrons. The van der Waals surface area contributed by atoms with E-state index in [9.17, 15) is 27.9 Å². The Morgan fingerprint density at radius 3 is 2.54 bits per heavy atom. The Balaban J connectivity index is 1.98. The van der Waals surface area contributed by atoms with E-state index in [1.165, 1.54) is 13.0 Å². The molecule has 2 atom stereocenters. The summed E-state index contributed by atoms with van der Waals surface area (Å²) in [5, 5.41) is 12.5. The number of hydrogen-bond donors (Lipinski definition) is 2. The van der Waals surface area contributed by atoms with Crippen molar-refractivity contribution in [3.8, 4) is 0 Å². The molecule has 146 valence electrons. The van der Waals surface area contributed by atoms with Gasteiger partial charge in [0.1, 0.15) is 11.5 Å². The van der Waals surface area contributed by atoms with Crippen molar-refractivity contribution in [2.45, 2.75) is 51.4 Å². The molecule has 2 rings (SSSR count). The minimum Gasteiger partial charge on any atom is -0.463 e. The van der Waals surface area contributed by atoms with E-state index < -0.39 is 42.3 Å². The fraction of sp³-hybridized carbons (Fsp3) is 0.647. The molecule has 0 aliphatic carbocycles. The highest BCUT2D eigenvalue weighted by Gasteiger charge is 2.56. The van der Waals surface area contributed by atoms with Crippen LogP contribution in [-0.2, 0) is 15.2 Å². The Morgan fingerprint density at radius 2 is 2.08 bits per heavy atom. The largest absolute Gasteiger partial charge is 0.463 e. The molecule has 1 aromatic heterocycles. The quantitative estimate of drug-likeness (QED) is 0.797. The van der Waals surface area contributed by atoms with Crippen molar-refractivity contribution in [2.75, 3.05) is 13.1 Å². The number of nitrogens with one attached hydrogen (secondary N) is 1. The number of hydrogen-bond acceptors (Lipinski definition) is 4. The molecule has 1 aliphatic heterocycles. The standard InChI is InChI=1S/C17H23F3N2O4/c1-10(2)22-9-12(8-14(22)23)15(24)21-7-6-16(25,17(18,19)20)13-5-4-11(3)26-13/h4-5,10,12,25H,6-9H2,1-3H3,(H,21,24)/t12-,16+/m0/s1. The predicted molar refractivity (Wildman–Crippen MR) is 86.0 cm³/mol. The van der Waals surface area contributed by atoms with E-state index in [2.05, 4.69) is 5.32 Å². The van der Waals surface area contributed by atoms with Crippen LogP contribution in [0.15, 0.2) is 16.5 Å². The summed E-state index contributed by atoms with van der Waals surface area (Å²) >= 11 is 0. The molecule has 2 amide bonds. The molecular formula is C17H23F3N2O4. The summed E-state index contributed by atoms with van der Waals surface area (Å²) in [7, 11) is 0. The molecule has 2 N–H and O–H groups in total. The molecule has 0 spiro atoms. The summed E-state index contributed by atoms with van der Waals surface area (Å²) in [5.41, 5.74) is -3.19. The summed E-state index contributed by atoms with van der Waals surface area (Å²) in [6, 6.07) is 2.36. The number of carbonyl (C=O) groups is 2. The Morgan fingerprint density at radius 1 is 1.42 bits per heavy atom. The van der Waals surface area contributed by atoms with Gasteiger partial charge in [-0.15, -0.1) is 0 Å². The van der Waals surface area contributed by atoms with Crippen molar-refractivity contribution in [3.05, 3.63) is 23.7 Å². The summed E-state index contributed by atoms with van der Waals surface area (Å²) in [6.07, 6.45) is -5.71. The Labute approximate surface area is 149 Å². The number of aliphatic hydroxyl groups is 1. The SMILES string of the molecule is Cc1ccc([C@](O)(CCNC(=O)[C@H]2CC(=O)N(C(C)C)C2)C(F)(F)F)o1. The van der Waals surface area contributed by atoms with Gasteiger partial charge >= 0.3 is 6.18 Å². The van der Waals surface area contributed by atoms with Crippen LogP contribution in [0.25, 0.3) is 0 Å². The van der Waals surface area contributed by atoms with Gasteiger partial charge in [-0.3, -0.25) is 9.59 Å². The molecule has 26 heavy (non-hydrogen) atoms. The average molecular weight is 376 g/mol. The number of carbonyl (C=O) groups excluding carboxylic acids is 2. The third kappa shape index (κ3) is 4.03. The minimum absolute atomic E-state index is 0.0327. The van der Waals surface area contributed by atoms with Gasteiger partial charge in [-0.2, -0.15) is 13.2 Å². The number of aryl methyl sites for hydroxylation is 1. The highest BCUT2D eigenvalue weighted by molar-refractivity contribution is 5.89. The molecule has 1 saturated heterocycles. The molecule has 1 fully saturated rings. The maximum absolute atomic E-state index is 13.3. The van der Waals surface area contributed by atoms with Crippen molar-refractivity contribution in [3.63, 3.8) is 0 Å². The summed E-state index contributed by atoms with van der Waals surface area (Å²) in [4.78, 5) is 25.5. The second-order valence-electron chi connectivity index (χ2n) is 6.85. The molecule has 9 heteroatoms. The first-order valence-corrected chi connectivity index (χ1v) is 8.39. The fourth-order valence-electron chi connectivity index (χ4n) is 2.98. The molecule has 0 aromatic carbocycles. The van der Waals surface area contributed by atoms with Crippen LogP contribution in [0.1, 0.15) is 38.2 Å². The van der Waals surface area contributed by atoms with Crippen molar-refractivity contribution in [1.82, 2.24) is 10.2 Å². The van der Waals surface area contributed by atoms with Crippen LogP contribution >= 0.6 is 0 Å². The van der Waals surface area contributed by atoms with Gasteiger partial charge in [-0.05, 0) is 32.9 Å². The summed E-state index contributed by atoms with van der Waals surface area (Å²) < 4.78 is 45.0. The van der Waals surface area contributed by atoms with Gasteiger partial charge in [0, 0.05) is 32.0 Å². The number of nitrogens with zero attached hydrogens (tertiary/aromatic N) is 1. The summed E-state index contributed by atoms with van der Waals surface area (Å²) in [6.45, 7) is 4.96. The topological polar surface area (TPSA) is 82.8 Å². The highest BCUT2D eigenvalue weighted by atomic mass is 19.4. The third-order valence-electron chi connectivity index (χ3n) is 4.56. The molecule has 1 aromatic rings. The van der Waals surface area contributed by atoms with E-state index in [4.69, 9.17) is 4.42 Å². The molecule has 2 heterocycles. The lowest BCUT2D eigenvalue weighted by Crippen LogP contribution is -2.45. The van der Waals surface area contributed by atoms with E-state index in [1.54, 1.807) is 4.90 Å². The van der Waals surface area contributed by atoms with Gasteiger partial charge in [-0.1, -0.05) is 0 Å². The smallest absolute Gasteiger partial charge is 0.424 e. The highest BCUT2D eigenvalue weighted by Crippen LogP contribution is 2.42. The van der Waals surface area contributed by atoms with Crippen molar-refractivity contribution in [2.24, 2.45) is 5.92 Å². The van der Waals surface area contributed by atoms with Crippen LogP contribution in [0.4, 0.5) is 13.2 Å². The monoisotopic (exact) mass is 376 g/mol. The number of rotatable bonds is 6. The first kappa shape index (κ1) is 20.3. The van der Waals surface area contributed by atoms with E-state index in [1.807, 2.05) is 13.8 Å². The zero-order chi connectivity index (χ0) is 19.7. The first-order chi connectivity index (χ1) is 12.0. The average Bonchev–Trinajstić information content (AvgIpc) is 3.12. The van der Waals surface area contributed by atoms with Crippen LogP contribution in [0.5, 0.6) is 0 Å².